The standard InChI is InChI=1S/C20H24N2O4S/c1-21(2)27(25,26)19-9-5-17(6-10-19)20(24)22-13-11-16(12-14-22)15-3-7-18(23)8-4-15/h3-10,16,23H,11-14H2,1-2H3. The van der Waals surface area contributed by atoms with Gasteiger partial charge in [0.15, 0.2) is 0 Å². The van der Waals surface area contributed by atoms with E-state index in [4.69, 9.17) is 0 Å². The number of sulfonamides is 1. The topological polar surface area (TPSA) is 77.9 Å². The van der Waals surface area contributed by atoms with Crippen molar-refractivity contribution in [3.8, 4) is 5.75 Å². The summed E-state index contributed by atoms with van der Waals surface area (Å²) >= 11 is 0. The van der Waals surface area contributed by atoms with Gasteiger partial charge in [-0.1, -0.05) is 12.1 Å². The van der Waals surface area contributed by atoms with Gasteiger partial charge in [-0.15, -0.1) is 0 Å². The molecule has 1 aliphatic heterocycles. The molecule has 2 aromatic carbocycles. The summed E-state index contributed by atoms with van der Waals surface area (Å²) in [5.41, 5.74) is 1.67. The van der Waals surface area contributed by atoms with Gasteiger partial charge in [0, 0.05) is 32.7 Å². The smallest absolute Gasteiger partial charge is 0.253 e. The molecule has 1 heterocycles. The number of rotatable bonds is 4. The predicted octanol–water partition coefficient (Wildman–Crippen LogP) is 2.66. The molecule has 144 valence electrons. The van der Waals surface area contributed by atoms with Crippen molar-refractivity contribution in [3.05, 3.63) is 59.7 Å². The molecule has 0 atom stereocenters. The largest absolute Gasteiger partial charge is 0.508 e. The van der Waals surface area contributed by atoms with Gasteiger partial charge < -0.3 is 10.0 Å². The van der Waals surface area contributed by atoms with Gasteiger partial charge in [-0.3, -0.25) is 4.79 Å². The van der Waals surface area contributed by atoms with Crippen LogP contribution in [0.3, 0.4) is 0 Å². The van der Waals surface area contributed by atoms with Gasteiger partial charge >= 0.3 is 0 Å². The monoisotopic (exact) mass is 388 g/mol. The Balaban J connectivity index is 1.65. The molecule has 0 radical (unpaired) electrons. The van der Waals surface area contributed by atoms with Gasteiger partial charge in [0.05, 0.1) is 4.90 Å². The third-order valence-electron chi connectivity index (χ3n) is 5.03. The minimum Gasteiger partial charge on any atom is -0.508 e. The molecule has 2 aromatic rings. The Bertz CT molecular complexity index is 898. The van der Waals surface area contributed by atoms with Gasteiger partial charge in [-0.2, -0.15) is 0 Å². The average Bonchev–Trinajstić information content (AvgIpc) is 2.68. The number of likely N-dealkylation sites (tertiary alicyclic amines) is 1. The van der Waals surface area contributed by atoms with E-state index in [0.29, 0.717) is 24.6 Å². The number of nitrogens with zero attached hydrogens (tertiary/aromatic N) is 2. The van der Waals surface area contributed by atoms with Gasteiger partial charge in [0.1, 0.15) is 5.75 Å². The fourth-order valence-corrected chi connectivity index (χ4v) is 4.23. The number of aromatic hydroxyl groups is 1. The third kappa shape index (κ3) is 4.14. The van der Waals surface area contributed by atoms with Crippen LogP contribution in [0.4, 0.5) is 0 Å². The Morgan fingerprint density at radius 1 is 1.00 bits per heavy atom. The normalized spacial score (nSPS) is 15.9. The first-order valence-electron chi connectivity index (χ1n) is 8.90. The average molecular weight is 388 g/mol. The number of piperidine rings is 1. The number of amides is 1. The highest BCUT2D eigenvalue weighted by Crippen LogP contribution is 2.29. The van der Waals surface area contributed by atoms with Crippen LogP contribution in [0.2, 0.25) is 0 Å². The molecule has 1 aliphatic rings. The van der Waals surface area contributed by atoms with Crippen molar-refractivity contribution < 1.29 is 18.3 Å². The molecule has 0 unspecified atom stereocenters. The van der Waals surface area contributed by atoms with Gasteiger partial charge in [-0.25, -0.2) is 12.7 Å². The summed E-state index contributed by atoms with van der Waals surface area (Å²) in [7, 11) is -0.537. The fourth-order valence-electron chi connectivity index (χ4n) is 3.33. The quantitative estimate of drug-likeness (QED) is 0.873. The lowest BCUT2D eigenvalue weighted by atomic mass is 9.89. The Hall–Kier alpha value is -2.38. The molecule has 1 amide bonds. The molecule has 0 aromatic heterocycles. The van der Waals surface area contributed by atoms with Crippen LogP contribution in [-0.4, -0.2) is 55.8 Å². The molecule has 0 bridgehead atoms. The zero-order valence-electron chi connectivity index (χ0n) is 15.5. The molecule has 6 nitrogen and oxygen atoms in total. The van der Waals surface area contributed by atoms with Crippen LogP contribution in [0.25, 0.3) is 0 Å². The minimum atomic E-state index is -3.49. The molecule has 1 fully saturated rings. The summed E-state index contributed by atoms with van der Waals surface area (Å²) < 4.78 is 25.4. The maximum absolute atomic E-state index is 12.7. The van der Waals surface area contributed by atoms with E-state index in [-0.39, 0.29) is 16.6 Å². The summed E-state index contributed by atoms with van der Waals surface area (Å²) in [6, 6.07) is 13.3. The van der Waals surface area contributed by atoms with Crippen molar-refractivity contribution in [2.45, 2.75) is 23.7 Å². The Morgan fingerprint density at radius 3 is 2.07 bits per heavy atom. The van der Waals surface area contributed by atoms with E-state index < -0.39 is 10.0 Å². The summed E-state index contributed by atoms with van der Waals surface area (Å²) in [5.74, 6) is 0.557. The van der Waals surface area contributed by atoms with Gasteiger partial charge in [0.2, 0.25) is 10.0 Å². The third-order valence-corrected chi connectivity index (χ3v) is 6.86. The molecule has 1 N–H and O–H groups in total. The van der Waals surface area contributed by atoms with Crippen molar-refractivity contribution in [2.24, 2.45) is 0 Å². The van der Waals surface area contributed by atoms with Crippen molar-refractivity contribution in [2.75, 3.05) is 27.2 Å². The highest BCUT2D eigenvalue weighted by Gasteiger charge is 2.25. The van der Waals surface area contributed by atoms with Crippen LogP contribution in [0.5, 0.6) is 5.75 Å². The van der Waals surface area contributed by atoms with Crippen LogP contribution in [0, 0.1) is 0 Å². The summed E-state index contributed by atoms with van der Waals surface area (Å²) in [6.07, 6.45) is 1.73. The first-order valence-corrected chi connectivity index (χ1v) is 10.3. The van der Waals surface area contributed by atoms with Crippen LogP contribution in [0.15, 0.2) is 53.4 Å². The molecule has 0 spiro atoms. The SMILES string of the molecule is CN(C)S(=O)(=O)c1ccc(C(=O)N2CCC(c3ccc(O)cc3)CC2)cc1. The van der Waals surface area contributed by atoms with E-state index in [1.165, 1.54) is 31.8 Å². The fraction of sp³-hybridized carbons (Fsp3) is 0.350. The van der Waals surface area contributed by atoms with E-state index in [9.17, 15) is 18.3 Å². The number of carbonyl (C=O) groups is 1. The van der Waals surface area contributed by atoms with E-state index in [0.717, 1.165) is 17.1 Å². The maximum atomic E-state index is 12.7. The summed E-state index contributed by atoms with van der Waals surface area (Å²) in [5, 5.41) is 9.40. The van der Waals surface area contributed by atoms with Gasteiger partial charge in [-0.05, 0) is 60.7 Å². The van der Waals surface area contributed by atoms with Crippen LogP contribution in [0.1, 0.15) is 34.7 Å². The number of hydrogen-bond acceptors (Lipinski definition) is 4. The number of benzene rings is 2. The maximum Gasteiger partial charge on any atom is 0.253 e. The Labute approximate surface area is 160 Å². The van der Waals surface area contributed by atoms with E-state index >= 15 is 0 Å². The molecule has 1 saturated heterocycles. The molecular formula is C20H24N2O4S. The van der Waals surface area contributed by atoms with Crippen molar-refractivity contribution in [1.29, 1.82) is 0 Å². The second-order valence-electron chi connectivity index (χ2n) is 6.97. The molecular weight excluding hydrogens is 364 g/mol. The van der Waals surface area contributed by atoms with E-state index in [1.54, 1.807) is 24.3 Å². The second-order valence-corrected chi connectivity index (χ2v) is 9.12. The van der Waals surface area contributed by atoms with Gasteiger partial charge in [0.25, 0.3) is 5.91 Å². The van der Waals surface area contributed by atoms with Crippen LogP contribution < -0.4 is 0 Å². The molecule has 7 heteroatoms. The first-order chi connectivity index (χ1) is 12.8. The molecule has 0 aliphatic carbocycles. The summed E-state index contributed by atoms with van der Waals surface area (Å²) in [4.78, 5) is 14.7. The zero-order chi connectivity index (χ0) is 19.6. The lowest BCUT2D eigenvalue weighted by Gasteiger charge is -2.32. The number of carbonyl (C=O) groups excluding carboxylic acids is 1. The number of hydrogen-bond donors (Lipinski definition) is 1. The van der Waals surface area contributed by atoms with Crippen molar-refractivity contribution in [1.82, 2.24) is 9.21 Å². The summed E-state index contributed by atoms with van der Waals surface area (Å²) in [6.45, 7) is 1.31. The second kappa shape index (κ2) is 7.70. The lowest BCUT2D eigenvalue weighted by molar-refractivity contribution is 0.0713. The van der Waals surface area contributed by atoms with Crippen molar-refractivity contribution in [3.63, 3.8) is 0 Å². The molecule has 27 heavy (non-hydrogen) atoms. The minimum absolute atomic E-state index is 0.0760. The van der Waals surface area contributed by atoms with Crippen molar-refractivity contribution >= 4 is 15.9 Å². The van der Waals surface area contributed by atoms with Crippen LogP contribution in [-0.2, 0) is 10.0 Å². The highest BCUT2D eigenvalue weighted by atomic mass is 32.2. The highest BCUT2D eigenvalue weighted by molar-refractivity contribution is 7.89. The predicted molar refractivity (Wildman–Crippen MR) is 103 cm³/mol. The number of phenolic OH excluding ortho intramolecular Hbond substituents is 1. The molecule has 3 rings (SSSR count). The van der Waals surface area contributed by atoms with Crippen LogP contribution >= 0.6 is 0 Å². The zero-order valence-corrected chi connectivity index (χ0v) is 16.3. The Morgan fingerprint density at radius 2 is 1.56 bits per heavy atom. The number of phenols is 1. The lowest BCUT2D eigenvalue weighted by Crippen LogP contribution is -2.37. The van der Waals surface area contributed by atoms with E-state index in [2.05, 4.69) is 0 Å². The molecule has 0 saturated carbocycles. The first kappa shape index (κ1) is 19.4. The Kier molecular flexibility index (Phi) is 5.53. The van der Waals surface area contributed by atoms with E-state index in [1.807, 2.05) is 17.0 Å².